The van der Waals surface area contributed by atoms with E-state index in [1.54, 1.807) is 6.20 Å². The van der Waals surface area contributed by atoms with Gasteiger partial charge in [-0.2, -0.15) is 5.10 Å². The fourth-order valence-electron chi connectivity index (χ4n) is 3.04. The number of rotatable bonds is 3. The number of aryl methyl sites for hydroxylation is 1. The van der Waals surface area contributed by atoms with Gasteiger partial charge in [-0.25, -0.2) is 4.98 Å². The molecule has 2 aromatic rings. The van der Waals surface area contributed by atoms with Crippen LogP contribution in [0.3, 0.4) is 0 Å². The summed E-state index contributed by atoms with van der Waals surface area (Å²) in [6, 6.07) is 5.94. The van der Waals surface area contributed by atoms with Crippen LogP contribution in [-0.4, -0.2) is 51.8 Å². The maximum absolute atomic E-state index is 12.8. The molecule has 6 nitrogen and oxygen atoms in total. The first-order valence-electron chi connectivity index (χ1n) is 8.18. The Morgan fingerprint density at radius 1 is 1.22 bits per heavy atom. The standard InChI is InChI=1S/C17H23N5O/c1-3-22-14(2)15(13-19-22)17(23)21-10-6-9-20(11-12-21)16-7-4-5-8-18-16/h4-5,7-8,13H,3,6,9-12H2,1-2H3. The minimum atomic E-state index is 0.0880. The normalized spacial score (nSPS) is 15.6. The van der Waals surface area contributed by atoms with Gasteiger partial charge in [-0.05, 0) is 32.4 Å². The van der Waals surface area contributed by atoms with Gasteiger partial charge in [-0.1, -0.05) is 6.07 Å². The van der Waals surface area contributed by atoms with Crippen molar-refractivity contribution in [3.63, 3.8) is 0 Å². The zero-order valence-corrected chi connectivity index (χ0v) is 13.8. The van der Waals surface area contributed by atoms with Crippen LogP contribution in [0.2, 0.25) is 0 Å². The number of amides is 1. The molecule has 0 atom stereocenters. The van der Waals surface area contributed by atoms with Crippen molar-refractivity contribution in [2.45, 2.75) is 26.8 Å². The first-order valence-corrected chi connectivity index (χ1v) is 8.18. The fourth-order valence-corrected chi connectivity index (χ4v) is 3.04. The molecule has 6 heteroatoms. The van der Waals surface area contributed by atoms with Crippen LogP contribution in [0.1, 0.15) is 29.4 Å². The number of carbonyl (C=O) groups is 1. The minimum absolute atomic E-state index is 0.0880. The smallest absolute Gasteiger partial charge is 0.257 e. The maximum atomic E-state index is 12.8. The van der Waals surface area contributed by atoms with Gasteiger partial charge in [0, 0.05) is 44.6 Å². The van der Waals surface area contributed by atoms with Gasteiger partial charge in [0.05, 0.1) is 11.8 Å². The Morgan fingerprint density at radius 2 is 2.09 bits per heavy atom. The second-order valence-electron chi connectivity index (χ2n) is 5.78. The number of pyridine rings is 1. The van der Waals surface area contributed by atoms with Crippen LogP contribution < -0.4 is 4.90 Å². The second-order valence-corrected chi connectivity index (χ2v) is 5.78. The molecule has 0 N–H and O–H groups in total. The highest BCUT2D eigenvalue weighted by Crippen LogP contribution is 2.16. The van der Waals surface area contributed by atoms with Gasteiger partial charge in [0.15, 0.2) is 0 Å². The van der Waals surface area contributed by atoms with Crippen molar-refractivity contribution in [3.8, 4) is 0 Å². The highest BCUT2D eigenvalue weighted by Gasteiger charge is 2.23. The van der Waals surface area contributed by atoms with Crippen molar-refractivity contribution in [1.29, 1.82) is 0 Å². The van der Waals surface area contributed by atoms with Gasteiger partial charge in [-0.15, -0.1) is 0 Å². The average Bonchev–Trinajstić information content (AvgIpc) is 2.81. The highest BCUT2D eigenvalue weighted by atomic mass is 16.2. The van der Waals surface area contributed by atoms with Crippen molar-refractivity contribution in [1.82, 2.24) is 19.7 Å². The van der Waals surface area contributed by atoms with E-state index in [-0.39, 0.29) is 5.91 Å². The summed E-state index contributed by atoms with van der Waals surface area (Å²) < 4.78 is 1.87. The van der Waals surface area contributed by atoms with E-state index in [1.165, 1.54) is 0 Å². The Bertz CT molecular complexity index is 667. The molecule has 3 heterocycles. The summed E-state index contributed by atoms with van der Waals surface area (Å²) in [6.07, 6.45) is 4.46. The minimum Gasteiger partial charge on any atom is -0.355 e. The Labute approximate surface area is 136 Å². The molecule has 1 aliphatic heterocycles. The van der Waals surface area contributed by atoms with E-state index < -0.39 is 0 Å². The van der Waals surface area contributed by atoms with Crippen LogP contribution in [0.25, 0.3) is 0 Å². The summed E-state index contributed by atoms with van der Waals surface area (Å²) >= 11 is 0. The molecule has 1 aliphatic rings. The Morgan fingerprint density at radius 3 is 2.78 bits per heavy atom. The third kappa shape index (κ3) is 3.21. The highest BCUT2D eigenvalue weighted by molar-refractivity contribution is 5.95. The maximum Gasteiger partial charge on any atom is 0.257 e. The molecule has 0 unspecified atom stereocenters. The van der Waals surface area contributed by atoms with E-state index in [1.807, 2.05) is 47.8 Å². The summed E-state index contributed by atoms with van der Waals surface area (Å²) in [5.41, 5.74) is 1.67. The monoisotopic (exact) mass is 313 g/mol. The summed E-state index contributed by atoms with van der Waals surface area (Å²) in [6.45, 7) is 8.00. The van der Waals surface area contributed by atoms with E-state index in [9.17, 15) is 4.79 Å². The van der Waals surface area contributed by atoms with Crippen molar-refractivity contribution >= 4 is 11.7 Å². The van der Waals surface area contributed by atoms with Gasteiger partial charge in [0.2, 0.25) is 0 Å². The third-order valence-corrected chi connectivity index (χ3v) is 4.39. The molecule has 0 spiro atoms. The molecule has 23 heavy (non-hydrogen) atoms. The van der Waals surface area contributed by atoms with E-state index in [2.05, 4.69) is 15.0 Å². The number of hydrogen-bond donors (Lipinski definition) is 0. The number of aromatic nitrogens is 3. The van der Waals surface area contributed by atoms with Crippen LogP contribution in [0, 0.1) is 6.92 Å². The largest absolute Gasteiger partial charge is 0.355 e. The van der Waals surface area contributed by atoms with Crippen LogP contribution >= 0.6 is 0 Å². The predicted octanol–water partition coefficient (Wildman–Crippen LogP) is 1.96. The van der Waals surface area contributed by atoms with Gasteiger partial charge >= 0.3 is 0 Å². The van der Waals surface area contributed by atoms with Crippen molar-refractivity contribution < 1.29 is 4.79 Å². The predicted molar refractivity (Wildman–Crippen MR) is 89.6 cm³/mol. The SMILES string of the molecule is CCn1ncc(C(=O)N2CCCN(c3ccccn3)CC2)c1C. The molecular formula is C17H23N5O. The van der Waals surface area contributed by atoms with Gasteiger partial charge in [-0.3, -0.25) is 9.48 Å². The number of anilines is 1. The topological polar surface area (TPSA) is 54.3 Å². The summed E-state index contributed by atoms with van der Waals surface area (Å²) in [4.78, 5) is 21.4. The lowest BCUT2D eigenvalue weighted by atomic mass is 10.2. The lowest BCUT2D eigenvalue weighted by Crippen LogP contribution is -2.35. The van der Waals surface area contributed by atoms with Gasteiger partial charge < -0.3 is 9.80 Å². The van der Waals surface area contributed by atoms with E-state index in [0.717, 1.165) is 49.7 Å². The van der Waals surface area contributed by atoms with Crippen LogP contribution in [-0.2, 0) is 6.54 Å². The quantitative estimate of drug-likeness (QED) is 0.869. The molecule has 0 aromatic carbocycles. The first-order chi connectivity index (χ1) is 11.2. The Hall–Kier alpha value is -2.37. The molecule has 1 fully saturated rings. The average molecular weight is 313 g/mol. The zero-order chi connectivity index (χ0) is 16.2. The zero-order valence-electron chi connectivity index (χ0n) is 13.8. The molecule has 0 bridgehead atoms. The second kappa shape index (κ2) is 6.81. The summed E-state index contributed by atoms with van der Waals surface area (Å²) in [5.74, 6) is 1.07. The fraction of sp³-hybridized carbons (Fsp3) is 0.471. The van der Waals surface area contributed by atoms with Crippen LogP contribution in [0.5, 0.6) is 0 Å². The molecule has 0 aliphatic carbocycles. The Kier molecular flexibility index (Phi) is 4.60. The molecular weight excluding hydrogens is 290 g/mol. The third-order valence-electron chi connectivity index (χ3n) is 4.39. The molecule has 2 aromatic heterocycles. The van der Waals surface area contributed by atoms with Crippen molar-refractivity contribution in [2.75, 3.05) is 31.1 Å². The molecule has 1 amide bonds. The van der Waals surface area contributed by atoms with E-state index in [4.69, 9.17) is 0 Å². The van der Waals surface area contributed by atoms with Crippen LogP contribution in [0.4, 0.5) is 5.82 Å². The van der Waals surface area contributed by atoms with E-state index in [0.29, 0.717) is 6.54 Å². The number of nitrogens with zero attached hydrogens (tertiary/aromatic N) is 5. The molecule has 3 rings (SSSR count). The lowest BCUT2D eigenvalue weighted by molar-refractivity contribution is 0.0766. The van der Waals surface area contributed by atoms with Gasteiger partial charge in [0.1, 0.15) is 5.82 Å². The van der Waals surface area contributed by atoms with Crippen LogP contribution in [0.15, 0.2) is 30.6 Å². The molecule has 0 radical (unpaired) electrons. The van der Waals surface area contributed by atoms with Crippen molar-refractivity contribution in [2.24, 2.45) is 0 Å². The number of carbonyl (C=O) groups excluding carboxylic acids is 1. The van der Waals surface area contributed by atoms with E-state index >= 15 is 0 Å². The first kappa shape index (κ1) is 15.5. The summed E-state index contributed by atoms with van der Waals surface area (Å²) in [5, 5.41) is 4.28. The summed E-state index contributed by atoms with van der Waals surface area (Å²) in [7, 11) is 0. The lowest BCUT2D eigenvalue weighted by Gasteiger charge is -2.22. The van der Waals surface area contributed by atoms with Crippen molar-refractivity contribution in [3.05, 3.63) is 41.9 Å². The number of hydrogen-bond acceptors (Lipinski definition) is 4. The molecule has 1 saturated heterocycles. The van der Waals surface area contributed by atoms with Gasteiger partial charge in [0.25, 0.3) is 5.91 Å². The Balaban J connectivity index is 1.70. The molecule has 0 saturated carbocycles. The molecule has 122 valence electrons.